The van der Waals surface area contributed by atoms with Gasteiger partial charge < -0.3 is 14.4 Å². The minimum absolute atomic E-state index is 0.265. The summed E-state index contributed by atoms with van der Waals surface area (Å²) in [7, 11) is 1.70. The zero-order valence-electron chi connectivity index (χ0n) is 18.8. The van der Waals surface area contributed by atoms with E-state index in [1.807, 2.05) is 43.3 Å². The molecule has 4 rings (SSSR count). The topological polar surface area (TPSA) is 42.0 Å². The quantitative estimate of drug-likeness (QED) is 0.501. The van der Waals surface area contributed by atoms with Crippen LogP contribution < -0.4 is 9.64 Å². The van der Waals surface area contributed by atoms with Crippen molar-refractivity contribution in [3.63, 3.8) is 0 Å². The lowest BCUT2D eigenvalue weighted by Gasteiger charge is -2.36. The van der Waals surface area contributed by atoms with Gasteiger partial charge in [-0.1, -0.05) is 36.4 Å². The first-order chi connectivity index (χ1) is 15.7. The van der Waals surface area contributed by atoms with Crippen LogP contribution in [0, 0.1) is 0 Å². The molecule has 0 unspecified atom stereocenters. The molecule has 0 amide bonds. The molecule has 5 nitrogen and oxygen atoms in total. The second-order valence-corrected chi connectivity index (χ2v) is 7.92. The van der Waals surface area contributed by atoms with Crippen molar-refractivity contribution in [1.82, 2.24) is 4.90 Å². The Balaban J connectivity index is 1.39. The van der Waals surface area contributed by atoms with Crippen molar-refractivity contribution in [2.45, 2.75) is 13.5 Å². The number of piperazine rings is 1. The standard InChI is InChI=1S/C27H30N2O3/c1-3-32-27(30)21-11-13-24(14-12-21)29-17-15-28(16-18-29)20-23-7-4-5-10-26(23)22-8-6-9-25(19-22)31-2/h4-14,19H,3,15-18,20H2,1-2H3. The van der Waals surface area contributed by atoms with Gasteiger partial charge in [-0.15, -0.1) is 0 Å². The second kappa shape index (κ2) is 10.3. The summed E-state index contributed by atoms with van der Waals surface area (Å²) in [6.07, 6.45) is 0. The Labute approximate surface area is 190 Å². The maximum atomic E-state index is 11.9. The highest BCUT2D eigenvalue weighted by molar-refractivity contribution is 5.89. The zero-order chi connectivity index (χ0) is 22.3. The van der Waals surface area contributed by atoms with Crippen molar-refractivity contribution >= 4 is 11.7 Å². The van der Waals surface area contributed by atoms with Crippen LogP contribution >= 0.6 is 0 Å². The fraction of sp³-hybridized carbons (Fsp3) is 0.296. The lowest BCUT2D eigenvalue weighted by Crippen LogP contribution is -2.46. The number of nitrogens with zero attached hydrogens (tertiary/aromatic N) is 2. The average Bonchev–Trinajstić information content (AvgIpc) is 2.85. The van der Waals surface area contributed by atoms with E-state index in [2.05, 4.69) is 46.2 Å². The third-order valence-electron chi connectivity index (χ3n) is 5.91. The number of carbonyl (C=O) groups excluding carboxylic acids is 1. The number of benzene rings is 3. The number of rotatable bonds is 7. The Kier molecular flexibility index (Phi) is 7.07. The van der Waals surface area contributed by atoms with E-state index < -0.39 is 0 Å². The minimum Gasteiger partial charge on any atom is -0.497 e. The molecule has 1 fully saturated rings. The van der Waals surface area contributed by atoms with Gasteiger partial charge in [-0.05, 0) is 60.0 Å². The average molecular weight is 431 g/mol. The second-order valence-electron chi connectivity index (χ2n) is 7.92. The van der Waals surface area contributed by atoms with Gasteiger partial charge in [-0.3, -0.25) is 4.90 Å². The molecule has 1 heterocycles. The van der Waals surface area contributed by atoms with Crippen molar-refractivity contribution in [2.75, 3.05) is 44.8 Å². The Hall–Kier alpha value is -3.31. The first kappa shape index (κ1) is 21.9. The maximum Gasteiger partial charge on any atom is 0.338 e. The van der Waals surface area contributed by atoms with Crippen LogP contribution in [0.2, 0.25) is 0 Å². The molecule has 0 aromatic heterocycles. The fourth-order valence-electron chi connectivity index (χ4n) is 4.16. The highest BCUT2D eigenvalue weighted by Gasteiger charge is 2.19. The van der Waals surface area contributed by atoms with Gasteiger partial charge in [0.1, 0.15) is 5.75 Å². The smallest absolute Gasteiger partial charge is 0.338 e. The zero-order valence-corrected chi connectivity index (χ0v) is 18.8. The van der Waals surface area contributed by atoms with Crippen molar-refractivity contribution in [3.05, 3.63) is 83.9 Å². The summed E-state index contributed by atoms with van der Waals surface area (Å²) in [5.74, 6) is 0.610. The van der Waals surface area contributed by atoms with Gasteiger partial charge in [0, 0.05) is 38.4 Å². The summed E-state index contributed by atoms with van der Waals surface area (Å²) in [5.41, 5.74) is 5.51. The SMILES string of the molecule is CCOC(=O)c1ccc(N2CCN(Cc3ccccc3-c3cccc(OC)c3)CC2)cc1. The van der Waals surface area contributed by atoms with E-state index in [-0.39, 0.29) is 5.97 Å². The molecule has 0 saturated carbocycles. The summed E-state index contributed by atoms with van der Waals surface area (Å²) in [6, 6.07) is 24.6. The number of methoxy groups -OCH3 is 1. The van der Waals surface area contributed by atoms with Crippen LogP contribution in [0.4, 0.5) is 5.69 Å². The molecule has 0 aliphatic carbocycles. The summed E-state index contributed by atoms with van der Waals surface area (Å²) in [5, 5.41) is 0. The number of ether oxygens (including phenoxy) is 2. The van der Waals surface area contributed by atoms with Crippen LogP contribution in [0.15, 0.2) is 72.8 Å². The van der Waals surface area contributed by atoms with Crippen molar-refractivity contribution in [3.8, 4) is 16.9 Å². The van der Waals surface area contributed by atoms with Crippen molar-refractivity contribution < 1.29 is 14.3 Å². The normalized spacial score (nSPS) is 14.2. The van der Waals surface area contributed by atoms with Crippen molar-refractivity contribution in [2.24, 2.45) is 0 Å². The molecule has 3 aromatic carbocycles. The molecular formula is C27H30N2O3. The lowest BCUT2D eigenvalue weighted by atomic mass is 9.99. The molecule has 0 bridgehead atoms. The Morgan fingerprint density at radius 2 is 1.66 bits per heavy atom. The molecular weight excluding hydrogens is 400 g/mol. The molecule has 5 heteroatoms. The third-order valence-corrected chi connectivity index (χ3v) is 5.91. The van der Waals surface area contributed by atoms with E-state index in [9.17, 15) is 4.79 Å². The van der Waals surface area contributed by atoms with Gasteiger partial charge in [0.25, 0.3) is 0 Å². The lowest BCUT2D eigenvalue weighted by molar-refractivity contribution is 0.0526. The molecule has 3 aromatic rings. The van der Waals surface area contributed by atoms with E-state index >= 15 is 0 Å². The Bertz CT molecular complexity index is 1040. The van der Waals surface area contributed by atoms with Gasteiger partial charge in [0.2, 0.25) is 0 Å². The largest absolute Gasteiger partial charge is 0.497 e. The molecule has 1 aliphatic heterocycles. The minimum atomic E-state index is -0.265. The van der Waals surface area contributed by atoms with Gasteiger partial charge >= 0.3 is 5.97 Å². The van der Waals surface area contributed by atoms with Gasteiger partial charge in [0.15, 0.2) is 0 Å². The number of esters is 1. The van der Waals surface area contributed by atoms with Crippen LogP contribution in [0.25, 0.3) is 11.1 Å². The predicted octanol–water partition coefficient (Wildman–Crippen LogP) is 4.86. The predicted molar refractivity (Wildman–Crippen MR) is 128 cm³/mol. The Morgan fingerprint density at radius 3 is 2.38 bits per heavy atom. The molecule has 1 saturated heterocycles. The van der Waals surface area contributed by atoms with E-state index in [1.165, 1.54) is 16.7 Å². The molecule has 0 atom stereocenters. The summed E-state index contributed by atoms with van der Waals surface area (Å²) < 4.78 is 10.5. The molecule has 0 N–H and O–H groups in total. The van der Waals surface area contributed by atoms with E-state index in [4.69, 9.17) is 9.47 Å². The summed E-state index contributed by atoms with van der Waals surface area (Å²) >= 11 is 0. The first-order valence-electron chi connectivity index (χ1n) is 11.1. The fourth-order valence-corrected chi connectivity index (χ4v) is 4.16. The number of hydrogen-bond donors (Lipinski definition) is 0. The highest BCUT2D eigenvalue weighted by atomic mass is 16.5. The number of hydrogen-bond acceptors (Lipinski definition) is 5. The van der Waals surface area contributed by atoms with Crippen LogP contribution in [0.1, 0.15) is 22.8 Å². The molecule has 166 valence electrons. The van der Waals surface area contributed by atoms with E-state index in [0.717, 1.165) is 44.2 Å². The van der Waals surface area contributed by atoms with Crippen molar-refractivity contribution in [1.29, 1.82) is 0 Å². The van der Waals surface area contributed by atoms with Crippen LogP contribution in [0.3, 0.4) is 0 Å². The Morgan fingerprint density at radius 1 is 0.906 bits per heavy atom. The highest BCUT2D eigenvalue weighted by Crippen LogP contribution is 2.28. The first-order valence-corrected chi connectivity index (χ1v) is 11.1. The monoisotopic (exact) mass is 430 g/mol. The third kappa shape index (κ3) is 5.11. The van der Waals surface area contributed by atoms with Crippen LogP contribution in [-0.4, -0.2) is 50.8 Å². The molecule has 1 aliphatic rings. The molecule has 0 spiro atoms. The molecule has 32 heavy (non-hydrogen) atoms. The molecule has 0 radical (unpaired) electrons. The van der Waals surface area contributed by atoms with Gasteiger partial charge in [0.05, 0.1) is 19.3 Å². The van der Waals surface area contributed by atoms with Crippen LogP contribution in [0.5, 0.6) is 5.75 Å². The number of carbonyl (C=O) groups is 1. The number of anilines is 1. The van der Waals surface area contributed by atoms with E-state index in [0.29, 0.717) is 12.2 Å². The van der Waals surface area contributed by atoms with E-state index in [1.54, 1.807) is 7.11 Å². The maximum absolute atomic E-state index is 11.9. The van der Waals surface area contributed by atoms with Gasteiger partial charge in [-0.25, -0.2) is 4.79 Å². The summed E-state index contributed by atoms with van der Waals surface area (Å²) in [6.45, 7) is 7.03. The van der Waals surface area contributed by atoms with Gasteiger partial charge in [-0.2, -0.15) is 0 Å². The summed E-state index contributed by atoms with van der Waals surface area (Å²) in [4.78, 5) is 16.7. The van der Waals surface area contributed by atoms with Crippen LogP contribution in [-0.2, 0) is 11.3 Å².